The highest BCUT2D eigenvalue weighted by atomic mass is 79.9. The van der Waals surface area contributed by atoms with Crippen LogP contribution in [-0.4, -0.2) is 10.4 Å². The molecular weight excluding hydrogens is 192 g/mol. The molecule has 0 aromatic heterocycles. The lowest BCUT2D eigenvalue weighted by atomic mass is 10.1. The van der Waals surface area contributed by atoms with Gasteiger partial charge in [0.1, 0.15) is 11.9 Å². The van der Waals surface area contributed by atoms with Crippen LogP contribution in [0.1, 0.15) is 20.8 Å². The smallest absolute Gasteiger partial charge is 0.125 e. The highest BCUT2D eigenvalue weighted by molar-refractivity contribution is 9.09. The highest BCUT2D eigenvalue weighted by Gasteiger charge is 2.23. The summed E-state index contributed by atoms with van der Waals surface area (Å²) in [7, 11) is 0. The van der Waals surface area contributed by atoms with Gasteiger partial charge < -0.3 is 4.74 Å². The Bertz CT molecular complexity index is 143. The Morgan fingerprint density at radius 2 is 2.20 bits per heavy atom. The van der Waals surface area contributed by atoms with Gasteiger partial charge in [-0.3, -0.25) is 0 Å². The van der Waals surface area contributed by atoms with Crippen LogP contribution < -0.4 is 0 Å². The van der Waals surface area contributed by atoms with Gasteiger partial charge in [-0.25, -0.2) is 0 Å². The minimum Gasteiger partial charge on any atom is -0.486 e. The summed E-state index contributed by atoms with van der Waals surface area (Å²) >= 11 is 3.43. The van der Waals surface area contributed by atoms with E-state index >= 15 is 0 Å². The molecule has 0 amide bonds. The summed E-state index contributed by atoms with van der Waals surface area (Å²) in [5.41, 5.74) is 2.37. The number of hydrogen-bond acceptors (Lipinski definition) is 1. The van der Waals surface area contributed by atoms with Crippen LogP contribution >= 0.6 is 15.9 Å². The Hall–Kier alpha value is -0.200. The summed E-state index contributed by atoms with van der Waals surface area (Å²) < 4.78 is 5.29. The van der Waals surface area contributed by atoms with E-state index in [9.17, 15) is 0 Å². The number of halogens is 1. The first kappa shape index (κ1) is 9.80. The summed E-state index contributed by atoms with van der Waals surface area (Å²) in [5.74, 6) is 0. The predicted octanol–water partition coefficient (Wildman–Crippen LogP) is 2.86. The molecule has 0 N–H and O–H groups in total. The monoisotopic (exact) mass is 204 g/mol. The zero-order valence-electron chi connectivity index (χ0n) is 6.65. The molecule has 0 aliphatic carbocycles. The molecule has 0 spiro atoms. The molecule has 0 bridgehead atoms. The maximum absolute atomic E-state index is 5.29. The summed E-state index contributed by atoms with van der Waals surface area (Å²) in [6, 6.07) is 0. The highest BCUT2D eigenvalue weighted by Crippen LogP contribution is 2.21. The number of ether oxygens (including phenoxy) is 1. The molecule has 0 aliphatic rings. The third-order valence-corrected chi connectivity index (χ3v) is 2.51. The van der Waals surface area contributed by atoms with Gasteiger partial charge >= 0.3 is 0 Å². The Morgan fingerprint density at radius 1 is 1.70 bits per heavy atom. The normalized spacial score (nSPS) is 13.6. The van der Waals surface area contributed by atoms with E-state index in [0.29, 0.717) is 4.83 Å². The van der Waals surface area contributed by atoms with Crippen LogP contribution in [0.25, 0.3) is 0 Å². The van der Waals surface area contributed by atoms with Gasteiger partial charge in [0, 0.05) is 0 Å². The Labute approximate surface area is 70.9 Å². The van der Waals surface area contributed by atoms with E-state index < -0.39 is 0 Å². The second kappa shape index (κ2) is 3.85. The van der Waals surface area contributed by atoms with Crippen molar-refractivity contribution in [1.29, 1.82) is 0 Å². The number of rotatable bonds is 3. The second-order valence-corrected chi connectivity index (χ2v) is 4.03. The van der Waals surface area contributed by atoms with E-state index in [4.69, 9.17) is 4.74 Å². The van der Waals surface area contributed by atoms with Crippen molar-refractivity contribution in [3.05, 3.63) is 18.6 Å². The fourth-order valence-corrected chi connectivity index (χ4v) is 0.395. The van der Waals surface area contributed by atoms with E-state index in [0.717, 1.165) is 0 Å². The molecule has 0 saturated heterocycles. The maximum Gasteiger partial charge on any atom is 0.125 e. The number of alkyl halides is 1. The standard InChI is InChI=1S/C8H13BrO/c1-5-6-10-8(3,4)7(2)9/h6-7H,1H2,2-4H3. The average Bonchev–Trinajstić information content (AvgIpc) is 1.84. The Morgan fingerprint density at radius 3 is 2.50 bits per heavy atom. The van der Waals surface area contributed by atoms with Crippen LogP contribution in [0.2, 0.25) is 0 Å². The van der Waals surface area contributed by atoms with E-state index in [-0.39, 0.29) is 5.60 Å². The maximum atomic E-state index is 5.29. The molecule has 0 aromatic carbocycles. The van der Waals surface area contributed by atoms with Crippen molar-refractivity contribution >= 4 is 15.9 Å². The summed E-state index contributed by atoms with van der Waals surface area (Å²) in [4.78, 5) is 0.310. The molecule has 0 aliphatic heterocycles. The van der Waals surface area contributed by atoms with E-state index in [2.05, 4.69) is 28.2 Å². The van der Waals surface area contributed by atoms with Gasteiger partial charge in [-0.1, -0.05) is 28.2 Å². The van der Waals surface area contributed by atoms with E-state index in [1.165, 1.54) is 6.26 Å². The van der Waals surface area contributed by atoms with Crippen LogP contribution in [0.4, 0.5) is 0 Å². The third-order valence-electron chi connectivity index (χ3n) is 1.40. The van der Waals surface area contributed by atoms with Crippen molar-refractivity contribution in [2.75, 3.05) is 0 Å². The van der Waals surface area contributed by atoms with E-state index in [1.807, 2.05) is 20.8 Å². The molecule has 0 saturated carbocycles. The minimum absolute atomic E-state index is 0.190. The first-order chi connectivity index (χ1) is 4.50. The zero-order valence-corrected chi connectivity index (χ0v) is 8.23. The van der Waals surface area contributed by atoms with Gasteiger partial charge in [0.05, 0.1) is 4.83 Å². The largest absolute Gasteiger partial charge is 0.486 e. The lowest BCUT2D eigenvalue weighted by Crippen LogP contribution is -2.31. The SMILES string of the molecule is C=C=COC(C)(C)C(C)Br. The topological polar surface area (TPSA) is 9.23 Å². The van der Waals surface area contributed by atoms with Gasteiger partial charge in [-0.05, 0) is 20.8 Å². The van der Waals surface area contributed by atoms with Gasteiger partial charge in [0.25, 0.3) is 0 Å². The van der Waals surface area contributed by atoms with Crippen LogP contribution in [0.3, 0.4) is 0 Å². The molecule has 1 atom stereocenters. The number of hydrogen-bond donors (Lipinski definition) is 0. The minimum atomic E-state index is -0.190. The summed E-state index contributed by atoms with van der Waals surface area (Å²) in [5, 5.41) is 0. The van der Waals surface area contributed by atoms with E-state index in [1.54, 1.807) is 0 Å². The lowest BCUT2D eigenvalue weighted by Gasteiger charge is -2.26. The van der Waals surface area contributed by atoms with Crippen LogP contribution in [-0.2, 0) is 4.74 Å². The fraction of sp³-hybridized carbons (Fsp3) is 0.625. The van der Waals surface area contributed by atoms with Crippen molar-refractivity contribution in [3.8, 4) is 0 Å². The van der Waals surface area contributed by atoms with Crippen molar-refractivity contribution in [1.82, 2.24) is 0 Å². The van der Waals surface area contributed by atoms with Gasteiger partial charge in [-0.15, -0.1) is 0 Å². The lowest BCUT2D eigenvalue weighted by molar-refractivity contribution is 0.0618. The van der Waals surface area contributed by atoms with Crippen LogP contribution in [0, 0.1) is 0 Å². The summed E-state index contributed by atoms with van der Waals surface area (Å²) in [6.45, 7) is 9.44. The predicted molar refractivity (Wildman–Crippen MR) is 47.3 cm³/mol. The third kappa shape index (κ3) is 3.09. The van der Waals surface area contributed by atoms with Gasteiger partial charge in [0.15, 0.2) is 0 Å². The molecule has 0 heterocycles. The Kier molecular flexibility index (Phi) is 3.77. The molecule has 0 aromatic rings. The van der Waals surface area contributed by atoms with Crippen LogP contribution in [0.15, 0.2) is 18.6 Å². The first-order valence-corrected chi connectivity index (χ1v) is 4.08. The zero-order chi connectivity index (χ0) is 8.20. The van der Waals surface area contributed by atoms with Gasteiger partial charge in [-0.2, -0.15) is 0 Å². The molecule has 0 rings (SSSR count). The van der Waals surface area contributed by atoms with Crippen molar-refractivity contribution in [3.63, 3.8) is 0 Å². The van der Waals surface area contributed by atoms with Crippen molar-refractivity contribution in [2.45, 2.75) is 31.2 Å². The molecular formula is C8H13BrO. The quantitative estimate of drug-likeness (QED) is 0.391. The molecule has 2 heteroatoms. The molecule has 1 unspecified atom stereocenters. The van der Waals surface area contributed by atoms with Gasteiger partial charge in [0.2, 0.25) is 0 Å². The molecule has 10 heavy (non-hydrogen) atoms. The van der Waals surface area contributed by atoms with Crippen LogP contribution in [0.5, 0.6) is 0 Å². The van der Waals surface area contributed by atoms with Crippen molar-refractivity contribution in [2.24, 2.45) is 0 Å². The molecule has 0 fully saturated rings. The summed E-state index contributed by atoms with van der Waals surface area (Å²) in [6.07, 6.45) is 1.48. The molecule has 1 nitrogen and oxygen atoms in total. The second-order valence-electron chi connectivity index (χ2n) is 2.66. The Balaban J connectivity index is 3.98. The first-order valence-electron chi connectivity index (χ1n) is 3.17. The van der Waals surface area contributed by atoms with Crippen molar-refractivity contribution < 1.29 is 4.74 Å². The fourth-order valence-electron chi connectivity index (χ4n) is 0.287. The average molecular weight is 205 g/mol. The molecule has 58 valence electrons. The molecule has 0 radical (unpaired) electrons.